The molecule has 1 amide bonds. The molecule has 2 fully saturated rings. The average Bonchev–Trinajstić information content (AvgIpc) is 3.70. The van der Waals surface area contributed by atoms with Crippen LogP contribution in [0.1, 0.15) is 91.3 Å². The normalized spacial score (nSPS) is 19.0. The van der Waals surface area contributed by atoms with Gasteiger partial charge in [0, 0.05) is 42.0 Å². The number of nitrogens with zero attached hydrogens (tertiary/aromatic N) is 3. The third-order valence-corrected chi connectivity index (χ3v) is 8.90. The van der Waals surface area contributed by atoms with E-state index >= 15 is 0 Å². The van der Waals surface area contributed by atoms with E-state index in [0.29, 0.717) is 46.5 Å². The maximum absolute atomic E-state index is 12.9. The van der Waals surface area contributed by atoms with Crippen LogP contribution in [-0.2, 0) is 0 Å². The maximum atomic E-state index is 12.9. The second-order valence-electron chi connectivity index (χ2n) is 12.0. The van der Waals surface area contributed by atoms with E-state index in [9.17, 15) is 10.1 Å². The van der Waals surface area contributed by atoms with Gasteiger partial charge in [-0.3, -0.25) is 4.79 Å². The smallest absolute Gasteiger partial charge is 0.251 e. The van der Waals surface area contributed by atoms with Crippen molar-refractivity contribution in [3.8, 4) is 17.5 Å². The van der Waals surface area contributed by atoms with Gasteiger partial charge in [-0.2, -0.15) is 5.26 Å². The van der Waals surface area contributed by atoms with Gasteiger partial charge in [0.1, 0.15) is 5.52 Å². The molecule has 0 spiro atoms. The molecule has 4 aromatic rings. The minimum atomic E-state index is -0.0468. The first kappa shape index (κ1) is 27.1. The van der Waals surface area contributed by atoms with Crippen LogP contribution in [0.5, 0.6) is 0 Å². The number of nitrogens with one attached hydrogen (secondary N) is 1. The highest BCUT2D eigenvalue weighted by Gasteiger charge is 2.23. The SMILES string of the molecule is CC(C)c1cc(C#N)cc2nc(-c3ccc(C(=O)NCC4CCC(c5ccc(N6CCCC6)cc5)CC4)cc3)oc12. The van der Waals surface area contributed by atoms with Gasteiger partial charge in [0.05, 0.1) is 11.6 Å². The molecule has 1 saturated carbocycles. The Kier molecular flexibility index (Phi) is 7.78. The zero-order chi connectivity index (χ0) is 28.3. The Labute approximate surface area is 242 Å². The molecule has 0 unspecified atom stereocenters. The van der Waals surface area contributed by atoms with Crippen LogP contribution in [0.2, 0.25) is 0 Å². The Balaban J connectivity index is 1.02. The van der Waals surface area contributed by atoms with Crippen molar-refractivity contribution in [3.05, 3.63) is 82.9 Å². The van der Waals surface area contributed by atoms with Crippen molar-refractivity contribution in [1.29, 1.82) is 5.26 Å². The molecule has 1 aliphatic carbocycles. The van der Waals surface area contributed by atoms with Crippen LogP contribution in [0.25, 0.3) is 22.6 Å². The molecule has 2 aliphatic rings. The van der Waals surface area contributed by atoms with Gasteiger partial charge in [0.2, 0.25) is 5.89 Å². The van der Waals surface area contributed by atoms with E-state index in [1.807, 2.05) is 30.3 Å². The second kappa shape index (κ2) is 11.8. The number of nitriles is 1. The van der Waals surface area contributed by atoms with Gasteiger partial charge < -0.3 is 14.6 Å². The van der Waals surface area contributed by atoms with Crippen molar-refractivity contribution in [2.24, 2.45) is 5.92 Å². The van der Waals surface area contributed by atoms with Crippen molar-refractivity contribution in [2.45, 2.75) is 64.2 Å². The second-order valence-corrected chi connectivity index (χ2v) is 12.0. The van der Waals surface area contributed by atoms with Crippen LogP contribution in [0.15, 0.2) is 65.1 Å². The number of rotatable bonds is 7. The first-order chi connectivity index (χ1) is 20.0. The van der Waals surface area contributed by atoms with E-state index < -0.39 is 0 Å². The molecule has 2 heterocycles. The van der Waals surface area contributed by atoms with Gasteiger partial charge in [0.25, 0.3) is 5.91 Å². The summed E-state index contributed by atoms with van der Waals surface area (Å²) in [5.41, 5.74) is 7.19. The van der Waals surface area contributed by atoms with Gasteiger partial charge in [0.15, 0.2) is 5.58 Å². The van der Waals surface area contributed by atoms with Crippen molar-refractivity contribution in [3.63, 3.8) is 0 Å². The first-order valence-electron chi connectivity index (χ1n) is 15.1. The lowest BCUT2D eigenvalue weighted by Crippen LogP contribution is -2.31. The van der Waals surface area contributed by atoms with Crippen molar-refractivity contribution in [1.82, 2.24) is 10.3 Å². The molecule has 3 aromatic carbocycles. The third kappa shape index (κ3) is 5.86. The van der Waals surface area contributed by atoms with Gasteiger partial charge in [-0.25, -0.2) is 4.98 Å². The van der Waals surface area contributed by atoms with Gasteiger partial charge >= 0.3 is 0 Å². The maximum Gasteiger partial charge on any atom is 0.251 e. The summed E-state index contributed by atoms with van der Waals surface area (Å²) >= 11 is 0. The number of carbonyl (C=O) groups excluding carboxylic acids is 1. The Bertz CT molecular complexity index is 1550. The van der Waals surface area contributed by atoms with E-state index in [4.69, 9.17) is 4.42 Å². The highest BCUT2D eigenvalue weighted by molar-refractivity contribution is 5.94. The van der Waals surface area contributed by atoms with Crippen molar-refractivity contribution < 1.29 is 9.21 Å². The van der Waals surface area contributed by atoms with Crippen LogP contribution in [0, 0.1) is 17.2 Å². The highest BCUT2D eigenvalue weighted by atomic mass is 16.3. The van der Waals surface area contributed by atoms with E-state index in [2.05, 4.69) is 59.4 Å². The molecule has 0 atom stereocenters. The van der Waals surface area contributed by atoms with E-state index in [1.54, 1.807) is 6.07 Å². The van der Waals surface area contributed by atoms with Gasteiger partial charge in [-0.15, -0.1) is 0 Å². The highest BCUT2D eigenvalue weighted by Crippen LogP contribution is 2.36. The Morgan fingerprint density at radius 3 is 2.39 bits per heavy atom. The molecular formula is C35H38N4O2. The average molecular weight is 547 g/mol. The lowest BCUT2D eigenvalue weighted by Gasteiger charge is -2.29. The van der Waals surface area contributed by atoms with E-state index in [0.717, 1.165) is 24.0 Å². The fraction of sp³-hybridized carbons (Fsp3) is 0.400. The molecule has 0 bridgehead atoms. The van der Waals surface area contributed by atoms with Crippen LogP contribution >= 0.6 is 0 Å². The molecule has 210 valence electrons. The zero-order valence-corrected chi connectivity index (χ0v) is 24.0. The largest absolute Gasteiger partial charge is 0.436 e. The van der Waals surface area contributed by atoms with Gasteiger partial charge in [-0.1, -0.05) is 26.0 Å². The molecule has 6 nitrogen and oxygen atoms in total. The Hall–Kier alpha value is -4.11. The zero-order valence-electron chi connectivity index (χ0n) is 24.0. The number of amides is 1. The standard InChI is InChI=1S/C35H38N4O2/c1-23(2)31-19-25(21-36)20-32-33(31)41-35(38-32)29-11-9-28(10-12-29)34(40)37-22-24-5-7-26(8-6-24)27-13-15-30(16-14-27)39-17-3-4-18-39/h9-16,19-20,23-24,26H,3-8,17-18,22H2,1-2H3,(H,37,40). The molecular weight excluding hydrogens is 508 g/mol. The summed E-state index contributed by atoms with van der Waals surface area (Å²) in [5.74, 6) is 1.79. The number of hydrogen-bond donors (Lipinski definition) is 1. The summed E-state index contributed by atoms with van der Waals surface area (Å²) in [6.07, 6.45) is 7.24. The number of anilines is 1. The van der Waals surface area contributed by atoms with Crippen molar-refractivity contribution >= 4 is 22.7 Å². The molecule has 0 radical (unpaired) electrons. The number of carbonyl (C=O) groups is 1. The predicted molar refractivity (Wildman–Crippen MR) is 163 cm³/mol. The quantitative estimate of drug-likeness (QED) is 0.256. The fourth-order valence-corrected chi connectivity index (χ4v) is 6.41. The van der Waals surface area contributed by atoms with Gasteiger partial charge in [-0.05, 0) is 110 Å². The molecule has 1 saturated heterocycles. The van der Waals surface area contributed by atoms with Crippen LogP contribution in [0.3, 0.4) is 0 Å². The number of fused-ring (bicyclic) bond motifs is 1. The summed E-state index contributed by atoms with van der Waals surface area (Å²) in [7, 11) is 0. The summed E-state index contributed by atoms with van der Waals surface area (Å²) in [5, 5.41) is 12.5. The predicted octanol–water partition coefficient (Wildman–Crippen LogP) is 7.79. The molecule has 41 heavy (non-hydrogen) atoms. The molecule has 1 N–H and O–H groups in total. The number of hydrogen-bond acceptors (Lipinski definition) is 5. The number of benzene rings is 3. The topological polar surface area (TPSA) is 82.2 Å². The fourth-order valence-electron chi connectivity index (χ4n) is 6.41. The van der Waals surface area contributed by atoms with Crippen molar-refractivity contribution in [2.75, 3.05) is 24.5 Å². The molecule has 6 heteroatoms. The molecule has 1 aromatic heterocycles. The number of oxazole rings is 1. The Morgan fingerprint density at radius 2 is 1.73 bits per heavy atom. The monoisotopic (exact) mass is 546 g/mol. The summed E-state index contributed by atoms with van der Waals surface area (Å²) < 4.78 is 6.12. The third-order valence-electron chi connectivity index (χ3n) is 8.90. The van der Waals surface area contributed by atoms with Crippen LogP contribution in [0.4, 0.5) is 5.69 Å². The summed E-state index contributed by atoms with van der Waals surface area (Å²) in [6, 6.07) is 22.5. The molecule has 1 aliphatic heterocycles. The van der Waals surface area contributed by atoms with E-state index in [1.165, 1.54) is 50.0 Å². The van der Waals surface area contributed by atoms with E-state index in [-0.39, 0.29) is 11.8 Å². The molecule has 6 rings (SSSR count). The first-order valence-corrected chi connectivity index (χ1v) is 15.1. The Morgan fingerprint density at radius 1 is 1.02 bits per heavy atom. The summed E-state index contributed by atoms with van der Waals surface area (Å²) in [4.78, 5) is 20.0. The van der Waals surface area contributed by atoms with Crippen LogP contribution in [-0.4, -0.2) is 30.5 Å². The lowest BCUT2D eigenvalue weighted by atomic mass is 9.78. The minimum Gasteiger partial charge on any atom is -0.436 e. The minimum absolute atomic E-state index is 0.0468. The lowest BCUT2D eigenvalue weighted by molar-refractivity contribution is 0.0943. The number of aromatic nitrogens is 1. The summed E-state index contributed by atoms with van der Waals surface area (Å²) in [6.45, 7) is 7.23. The van der Waals surface area contributed by atoms with Crippen LogP contribution < -0.4 is 10.2 Å².